The average Bonchev–Trinajstić information content (AvgIpc) is 2.60. The Kier molecular flexibility index (Phi) is 6.47. The molecule has 2 aromatic carbocycles. The molecule has 0 spiro atoms. The molecule has 0 fully saturated rings. The second-order valence-corrected chi connectivity index (χ2v) is 5.38. The molecule has 3 amide bonds. The van der Waals surface area contributed by atoms with E-state index in [1.807, 2.05) is 0 Å². The third-order valence-electron chi connectivity index (χ3n) is 3.48. The molecule has 3 N–H and O–H groups in total. The maximum atomic E-state index is 12.8. The summed E-state index contributed by atoms with van der Waals surface area (Å²) in [6.07, 6.45) is -0.573. The number of hydrogen-bond acceptors (Lipinski definition) is 3. The number of amides is 3. The number of methoxy groups -OCH3 is 1. The van der Waals surface area contributed by atoms with Crippen molar-refractivity contribution in [3.63, 3.8) is 0 Å². The van der Waals surface area contributed by atoms with E-state index in [0.29, 0.717) is 11.4 Å². The van der Waals surface area contributed by atoms with Crippen LogP contribution in [0.3, 0.4) is 0 Å². The van der Waals surface area contributed by atoms with Crippen molar-refractivity contribution >= 4 is 23.3 Å². The molecule has 0 radical (unpaired) electrons. The lowest BCUT2D eigenvalue weighted by atomic mass is 10.2. The first-order valence-corrected chi connectivity index (χ1v) is 7.71. The summed E-state index contributed by atoms with van der Waals surface area (Å²) < 4.78 is 17.8. The highest BCUT2D eigenvalue weighted by molar-refractivity contribution is 5.95. The molecule has 6 nitrogen and oxygen atoms in total. The number of ether oxygens (including phenoxy) is 1. The van der Waals surface area contributed by atoms with Crippen molar-refractivity contribution in [2.45, 2.75) is 19.6 Å². The first-order chi connectivity index (χ1) is 12.0. The topological polar surface area (TPSA) is 79.5 Å². The van der Waals surface area contributed by atoms with Crippen LogP contribution in [0.2, 0.25) is 0 Å². The maximum absolute atomic E-state index is 12.8. The summed E-state index contributed by atoms with van der Waals surface area (Å²) in [5, 5.41) is 8.05. The normalized spacial score (nSPS) is 11.5. The Hall–Kier alpha value is -2.93. The van der Waals surface area contributed by atoms with Crippen LogP contribution in [0.25, 0.3) is 0 Å². The average molecular weight is 345 g/mol. The molecule has 0 aliphatic rings. The fourth-order valence-electron chi connectivity index (χ4n) is 1.99. The summed E-state index contributed by atoms with van der Waals surface area (Å²) in [5.74, 6) is -0.602. The number of hydrogen-bond donors (Lipinski definition) is 3. The van der Waals surface area contributed by atoms with Crippen LogP contribution >= 0.6 is 0 Å². The van der Waals surface area contributed by atoms with Crippen LogP contribution in [-0.4, -0.2) is 25.2 Å². The zero-order valence-corrected chi connectivity index (χ0v) is 14.0. The molecule has 0 aliphatic heterocycles. The number of halogens is 1. The molecule has 25 heavy (non-hydrogen) atoms. The number of benzene rings is 2. The standard InChI is InChI=1S/C18H20FN3O3/c1-12(25-2)17(23)21-15-4-3-5-16(10-15)22-18(24)20-11-13-6-8-14(19)9-7-13/h3-10,12H,11H2,1-2H3,(H,21,23)(H2,20,22,24)/t12-/m1/s1. The van der Waals surface area contributed by atoms with Crippen LogP contribution in [0.15, 0.2) is 48.5 Å². The summed E-state index contributed by atoms with van der Waals surface area (Å²) in [4.78, 5) is 23.7. The van der Waals surface area contributed by atoms with Gasteiger partial charge in [0.25, 0.3) is 5.91 Å². The van der Waals surface area contributed by atoms with E-state index < -0.39 is 12.1 Å². The molecule has 7 heteroatoms. The van der Waals surface area contributed by atoms with Gasteiger partial charge in [0.2, 0.25) is 0 Å². The van der Waals surface area contributed by atoms with Gasteiger partial charge in [-0.05, 0) is 42.8 Å². The van der Waals surface area contributed by atoms with Gasteiger partial charge >= 0.3 is 6.03 Å². The number of rotatable bonds is 6. The van der Waals surface area contributed by atoms with Crippen molar-refractivity contribution in [1.29, 1.82) is 0 Å². The van der Waals surface area contributed by atoms with Gasteiger partial charge in [-0.25, -0.2) is 9.18 Å². The number of carbonyl (C=O) groups excluding carboxylic acids is 2. The Morgan fingerprint density at radius 2 is 1.72 bits per heavy atom. The molecule has 0 aromatic heterocycles. The SMILES string of the molecule is CO[C@H](C)C(=O)Nc1cccc(NC(=O)NCc2ccc(F)cc2)c1. The molecule has 2 rings (SSSR count). The van der Waals surface area contributed by atoms with E-state index in [9.17, 15) is 14.0 Å². The highest BCUT2D eigenvalue weighted by Gasteiger charge is 2.11. The van der Waals surface area contributed by atoms with Gasteiger partial charge in [0, 0.05) is 25.0 Å². The number of urea groups is 1. The van der Waals surface area contributed by atoms with Gasteiger partial charge in [-0.1, -0.05) is 18.2 Å². The highest BCUT2D eigenvalue weighted by Crippen LogP contribution is 2.15. The zero-order valence-electron chi connectivity index (χ0n) is 14.0. The summed E-state index contributed by atoms with van der Waals surface area (Å²) in [6, 6.07) is 12.2. The summed E-state index contributed by atoms with van der Waals surface area (Å²) >= 11 is 0. The van der Waals surface area contributed by atoms with Crippen LogP contribution in [0.1, 0.15) is 12.5 Å². The van der Waals surface area contributed by atoms with Crippen molar-refractivity contribution in [3.05, 3.63) is 59.9 Å². The van der Waals surface area contributed by atoms with Crippen molar-refractivity contribution in [3.8, 4) is 0 Å². The van der Waals surface area contributed by atoms with E-state index in [4.69, 9.17) is 4.74 Å². The van der Waals surface area contributed by atoms with Gasteiger partial charge in [0.1, 0.15) is 11.9 Å². The predicted molar refractivity (Wildman–Crippen MR) is 93.8 cm³/mol. The van der Waals surface area contributed by atoms with Crippen molar-refractivity contribution in [2.75, 3.05) is 17.7 Å². The van der Waals surface area contributed by atoms with E-state index in [1.54, 1.807) is 43.3 Å². The van der Waals surface area contributed by atoms with E-state index in [1.165, 1.54) is 19.2 Å². The molecule has 0 saturated heterocycles. The van der Waals surface area contributed by atoms with Crippen molar-refractivity contribution in [1.82, 2.24) is 5.32 Å². The highest BCUT2D eigenvalue weighted by atomic mass is 19.1. The lowest BCUT2D eigenvalue weighted by Gasteiger charge is -2.12. The van der Waals surface area contributed by atoms with Gasteiger partial charge in [0.15, 0.2) is 0 Å². The third-order valence-corrected chi connectivity index (χ3v) is 3.48. The van der Waals surface area contributed by atoms with E-state index >= 15 is 0 Å². The molecule has 2 aromatic rings. The minimum Gasteiger partial charge on any atom is -0.372 e. The quantitative estimate of drug-likeness (QED) is 0.752. The molecule has 132 valence electrons. The Bertz CT molecular complexity index is 735. The first-order valence-electron chi connectivity index (χ1n) is 7.71. The van der Waals surface area contributed by atoms with Gasteiger partial charge in [-0.2, -0.15) is 0 Å². The summed E-state index contributed by atoms with van der Waals surface area (Å²) in [7, 11) is 1.45. The molecule has 0 bridgehead atoms. The molecule has 1 atom stereocenters. The Morgan fingerprint density at radius 3 is 2.36 bits per heavy atom. The second kappa shape index (κ2) is 8.79. The zero-order chi connectivity index (χ0) is 18.2. The number of anilines is 2. The van der Waals surface area contributed by atoms with Crippen LogP contribution in [-0.2, 0) is 16.1 Å². The van der Waals surface area contributed by atoms with Crippen molar-refractivity contribution in [2.24, 2.45) is 0 Å². The minimum atomic E-state index is -0.573. The summed E-state index contributed by atoms with van der Waals surface area (Å²) in [5.41, 5.74) is 1.86. The monoisotopic (exact) mass is 345 g/mol. The lowest BCUT2D eigenvalue weighted by Crippen LogP contribution is -2.28. The molecule has 0 aliphatic carbocycles. The van der Waals surface area contributed by atoms with Crippen LogP contribution in [0.4, 0.5) is 20.6 Å². The molecule has 0 heterocycles. The van der Waals surface area contributed by atoms with Crippen molar-refractivity contribution < 1.29 is 18.7 Å². The second-order valence-electron chi connectivity index (χ2n) is 5.38. The number of carbonyl (C=O) groups is 2. The Morgan fingerprint density at radius 1 is 1.08 bits per heavy atom. The molecule has 0 saturated carbocycles. The van der Waals surface area contributed by atoms with E-state index in [2.05, 4.69) is 16.0 Å². The van der Waals surface area contributed by atoms with Crippen LogP contribution < -0.4 is 16.0 Å². The maximum Gasteiger partial charge on any atom is 0.319 e. The molecular formula is C18H20FN3O3. The van der Waals surface area contributed by atoms with E-state index in [-0.39, 0.29) is 18.3 Å². The fraction of sp³-hybridized carbons (Fsp3) is 0.222. The Labute approximate surface area is 145 Å². The van der Waals surface area contributed by atoms with Gasteiger partial charge in [-0.15, -0.1) is 0 Å². The largest absolute Gasteiger partial charge is 0.372 e. The minimum absolute atomic E-state index is 0.272. The Balaban J connectivity index is 1.89. The number of nitrogens with one attached hydrogen (secondary N) is 3. The van der Waals surface area contributed by atoms with Crippen LogP contribution in [0, 0.1) is 5.82 Å². The summed E-state index contributed by atoms with van der Waals surface area (Å²) in [6.45, 7) is 1.91. The van der Waals surface area contributed by atoms with E-state index in [0.717, 1.165) is 5.56 Å². The molecular weight excluding hydrogens is 325 g/mol. The van der Waals surface area contributed by atoms with Gasteiger partial charge < -0.3 is 20.7 Å². The van der Waals surface area contributed by atoms with Gasteiger partial charge in [0.05, 0.1) is 0 Å². The first kappa shape index (κ1) is 18.4. The lowest BCUT2D eigenvalue weighted by molar-refractivity contribution is -0.124. The third kappa shape index (κ3) is 5.89. The predicted octanol–water partition coefficient (Wildman–Crippen LogP) is 3.12. The van der Waals surface area contributed by atoms with Crippen LogP contribution in [0.5, 0.6) is 0 Å². The van der Waals surface area contributed by atoms with Gasteiger partial charge in [-0.3, -0.25) is 4.79 Å². The smallest absolute Gasteiger partial charge is 0.319 e. The molecule has 0 unspecified atom stereocenters. The fourth-order valence-corrected chi connectivity index (χ4v) is 1.99.